The summed E-state index contributed by atoms with van der Waals surface area (Å²) in [5, 5.41) is 16.5. The summed E-state index contributed by atoms with van der Waals surface area (Å²) in [6, 6.07) is 0. The lowest BCUT2D eigenvalue weighted by Gasteiger charge is -1.89. The van der Waals surface area contributed by atoms with Crippen molar-refractivity contribution in [2.75, 3.05) is 0 Å². The molecular weight excluding hydrogens is 126 g/mol. The zero-order chi connectivity index (χ0) is 6.41. The molecule has 0 aromatic carbocycles. The molecule has 0 heterocycles. The van der Waals surface area contributed by atoms with Gasteiger partial charge in [0.15, 0.2) is 0 Å². The van der Waals surface area contributed by atoms with Gasteiger partial charge in [-0.3, -0.25) is 0 Å². The smallest absolute Gasteiger partial charge is 0.427 e. The van der Waals surface area contributed by atoms with Crippen LogP contribution in [0.2, 0.25) is 6.32 Å². The molecular formula is C4H8BClO2. The van der Waals surface area contributed by atoms with Gasteiger partial charge in [-0.15, -0.1) is 0 Å². The van der Waals surface area contributed by atoms with E-state index in [1.807, 2.05) is 0 Å². The molecule has 2 nitrogen and oxygen atoms in total. The molecule has 8 heavy (non-hydrogen) atoms. The largest absolute Gasteiger partial charge is 0.451 e. The molecule has 0 aromatic rings. The number of hydrogen-bond donors (Lipinski definition) is 2. The van der Waals surface area contributed by atoms with E-state index >= 15 is 0 Å². The number of allylic oxidation sites excluding steroid dienone is 1. The summed E-state index contributed by atoms with van der Waals surface area (Å²) in [5.41, 5.74) is 1.36. The van der Waals surface area contributed by atoms with Crippen LogP contribution < -0.4 is 0 Å². The highest BCUT2D eigenvalue weighted by Crippen LogP contribution is 1.93. The van der Waals surface area contributed by atoms with Gasteiger partial charge in [0.1, 0.15) is 0 Å². The van der Waals surface area contributed by atoms with E-state index in [0.717, 1.165) is 0 Å². The van der Waals surface area contributed by atoms with Crippen LogP contribution in [0.15, 0.2) is 11.6 Å². The van der Waals surface area contributed by atoms with Gasteiger partial charge >= 0.3 is 7.12 Å². The Morgan fingerprint density at radius 2 is 2.12 bits per heavy atom. The van der Waals surface area contributed by atoms with Crippen molar-refractivity contribution in [3.63, 3.8) is 0 Å². The molecule has 0 aliphatic carbocycles. The molecule has 0 spiro atoms. The predicted octanol–water partition coefficient (Wildman–Crippen LogP) is 0.602. The first-order valence-corrected chi connectivity index (χ1v) is 2.82. The van der Waals surface area contributed by atoms with E-state index in [-0.39, 0.29) is 0 Å². The molecule has 0 atom stereocenters. The molecule has 0 saturated carbocycles. The van der Waals surface area contributed by atoms with E-state index in [4.69, 9.17) is 21.6 Å². The highest BCUT2D eigenvalue weighted by Gasteiger charge is 2.01. The minimum atomic E-state index is -1.21. The van der Waals surface area contributed by atoms with Gasteiger partial charge in [0.25, 0.3) is 0 Å². The van der Waals surface area contributed by atoms with Gasteiger partial charge in [-0.25, -0.2) is 0 Å². The van der Waals surface area contributed by atoms with E-state index in [1.165, 1.54) is 5.54 Å². The second-order valence-corrected chi connectivity index (χ2v) is 1.67. The summed E-state index contributed by atoms with van der Waals surface area (Å²) in [6.45, 7) is 0. The maximum absolute atomic E-state index is 8.26. The third kappa shape index (κ3) is 6.01. The van der Waals surface area contributed by atoms with Crippen LogP contribution in [0.4, 0.5) is 0 Å². The van der Waals surface area contributed by atoms with Crippen LogP contribution in [-0.2, 0) is 0 Å². The van der Waals surface area contributed by atoms with E-state index in [9.17, 15) is 0 Å². The molecule has 0 amide bonds. The van der Waals surface area contributed by atoms with E-state index < -0.39 is 7.12 Å². The Hall–Kier alpha value is 0.0149. The maximum Gasteiger partial charge on any atom is 0.451 e. The van der Waals surface area contributed by atoms with Crippen LogP contribution in [0.25, 0.3) is 0 Å². The van der Waals surface area contributed by atoms with Gasteiger partial charge < -0.3 is 10.0 Å². The molecule has 0 fully saturated rings. The van der Waals surface area contributed by atoms with Crippen molar-refractivity contribution in [3.05, 3.63) is 11.6 Å². The van der Waals surface area contributed by atoms with Crippen molar-refractivity contribution in [1.29, 1.82) is 0 Å². The lowest BCUT2D eigenvalue weighted by molar-refractivity contribution is 0.406. The quantitative estimate of drug-likeness (QED) is 0.555. The summed E-state index contributed by atoms with van der Waals surface area (Å²) in [4.78, 5) is 0. The highest BCUT2D eigenvalue weighted by molar-refractivity contribution is 6.41. The maximum atomic E-state index is 8.26. The van der Waals surface area contributed by atoms with E-state index in [0.29, 0.717) is 12.7 Å². The minimum Gasteiger partial charge on any atom is -0.427 e. The van der Waals surface area contributed by atoms with Crippen molar-refractivity contribution in [1.82, 2.24) is 0 Å². The normalized spacial score (nSPS) is 10.4. The summed E-state index contributed by atoms with van der Waals surface area (Å²) >= 11 is 5.14. The summed E-state index contributed by atoms with van der Waals surface area (Å²) in [5.74, 6) is 0. The molecule has 0 rings (SSSR count). The van der Waals surface area contributed by atoms with Crippen molar-refractivity contribution in [2.45, 2.75) is 12.7 Å². The lowest BCUT2D eigenvalue weighted by Crippen LogP contribution is -2.08. The first-order chi connectivity index (χ1) is 3.77. The van der Waals surface area contributed by atoms with Gasteiger partial charge in [0.05, 0.1) is 0 Å². The summed E-state index contributed by atoms with van der Waals surface area (Å²) < 4.78 is 0. The van der Waals surface area contributed by atoms with Crippen LogP contribution in [0, 0.1) is 0 Å². The Morgan fingerprint density at radius 3 is 2.50 bits per heavy atom. The van der Waals surface area contributed by atoms with Crippen LogP contribution in [-0.4, -0.2) is 17.2 Å². The first-order valence-electron chi connectivity index (χ1n) is 2.38. The Kier molecular flexibility index (Phi) is 5.17. The van der Waals surface area contributed by atoms with Crippen LogP contribution in [0.1, 0.15) is 6.42 Å². The van der Waals surface area contributed by atoms with Crippen LogP contribution in [0.3, 0.4) is 0 Å². The molecule has 46 valence electrons. The average Bonchev–Trinajstić information content (AvgIpc) is 1.66. The van der Waals surface area contributed by atoms with Crippen molar-refractivity contribution >= 4 is 18.7 Å². The van der Waals surface area contributed by atoms with E-state index in [1.54, 1.807) is 6.08 Å². The van der Waals surface area contributed by atoms with Gasteiger partial charge in [-0.05, 0) is 12.7 Å². The van der Waals surface area contributed by atoms with Gasteiger partial charge in [0.2, 0.25) is 0 Å². The Balaban J connectivity index is 2.93. The lowest BCUT2D eigenvalue weighted by atomic mass is 9.85. The van der Waals surface area contributed by atoms with E-state index in [2.05, 4.69) is 0 Å². The Bertz CT molecular complexity index is 74.4. The number of halogens is 1. The average molecular weight is 134 g/mol. The van der Waals surface area contributed by atoms with Crippen molar-refractivity contribution in [3.8, 4) is 0 Å². The fourth-order valence-electron chi connectivity index (χ4n) is 0.308. The van der Waals surface area contributed by atoms with Crippen LogP contribution >= 0.6 is 11.6 Å². The second-order valence-electron chi connectivity index (χ2n) is 1.42. The zero-order valence-corrected chi connectivity index (χ0v) is 5.17. The Morgan fingerprint density at radius 1 is 1.50 bits per heavy atom. The molecule has 0 radical (unpaired) electrons. The molecule has 0 saturated heterocycles. The summed E-state index contributed by atoms with van der Waals surface area (Å²) in [7, 11) is -1.21. The molecule has 4 heteroatoms. The van der Waals surface area contributed by atoms with Crippen LogP contribution in [0.5, 0.6) is 0 Å². The second kappa shape index (κ2) is 5.16. The minimum absolute atomic E-state index is 0.350. The van der Waals surface area contributed by atoms with Crippen molar-refractivity contribution in [2.24, 2.45) is 0 Å². The fourth-order valence-corrected chi connectivity index (χ4v) is 0.434. The fraction of sp³-hybridized carbons (Fsp3) is 0.500. The standard InChI is InChI=1S/C4H8BClO2/c6-4-2-1-3-5(7)8/h2,4,7-8H,1,3H2. The molecule has 0 bridgehead atoms. The van der Waals surface area contributed by atoms with Gasteiger partial charge in [0, 0.05) is 5.54 Å². The summed E-state index contributed by atoms with van der Waals surface area (Å²) in [6.07, 6.45) is 2.63. The molecule has 0 aliphatic rings. The van der Waals surface area contributed by atoms with Gasteiger partial charge in [-0.2, -0.15) is 0 Å². The zero-order valence-electron chi connectivity index (χ0n) is 4.42. The molecule has 0 aliphatic heterocycles. The number of hydrogen-bond acceptors (Lipinski definition) is 2. The highest BCUT2D eigenvalue weighted by atomic mass is 35.5. The Labute approximate surface area is 53.9 Å². The first kappa shape index (κ1) is 8.01. The SMILES string of the molecule is OB(O)CCC=CCl. The molecule has 2 N–H and O–H groups in total. The topological polar surface area (TPSA) is 40.5 Å². The van der Waals surface area contributed by atoms with Crippen molar-refractivity contribution < 1.29 is 10.0 Å². The monoisotopic (exact) mass is 134 g/mol. The number of rotatable bonds is 3. The predicted molar refractivity (Wildman–Crippen MR) is 34.6 cm³/mol. The third-order valence-electron chi connectivity index (χ3n) is 0.681. The molecule has 0 unspecified atom stereocenters. The third-order valence-corrected chi connectivity index (χ3v) is 0.859. The molecule has 0 aromatic heterocycles. The van der Waals surface area contributed by atoms with Gasteiger partial charge in [-0.1, -0.05) is 17.7 Å².